The first-order valence-corrected chi connectivity index (χ1v) is 5.89. The Morgan fingerprint density at radius 2 is 2.11 bits per heavy atom. The van der Waals surface area contributed by atoms with Gasteiger partial charge in [0.25, 0.3) is 5.56 Å². The summed E-state index contributed by atoms with van der Waals surface area (Å²) in [5.74, 6) is -1.60. The predicted octanol–water partition coefficient (Wildman–Crippen LogP) is -0.305. The maximum Gasteiger partial charge on any atom is 0.331 e. The Morgan fingerprint density at radius 3 is 2.79 bits per heavy atom. The van der Waals surface area contributed by atoms with Crippen LogP contribution in [-0.2, 0) is 16.3 Å². The third-order valence-electron chi connectivity index (χ3n) is 2.42. The van der Waals surface area contributed by atoms with E-state index < -0.39 is 29.8 Å². The van der Waals surface area contributed by atoms with Crippen molar-refractivity contribution in [3.63, 3.8) is 0 Å². The minimum atomic E-state index is -1.11. The highest BCUT2D eigenvalue weighted by Crippen LogP contribution is 2.00. The summed E-state index contributed by atoms with van der Waals surface area (Å²) in [4.78, 5) is 35.1. The molecular formula is C11H16FN3O4. The molecular weight excluding hydrogens is 257 g/mol. The zero-order valence-electron chi connectivity index (χ0n) is 10.4. The van der Waals surface area contributed by atoms with Gasteiger partial charge in [0.05, 0.1) is 6.20 Å². The zero-order chi connectivity index (χ0) is 14.3. The van der Waals surface area contributed by atoms with Crippen molar-refractivity contribution in [3.05, 3.63) is 32.9 Å². The summed E-state index contributed by atoms with van der Waals surface area (Å²) in [6.45, 7) is 0.142. The van der Waals surface area contributed by atoms with Gasteiger partial charge in [-0.2, -0.15) is 4.39 Å². The van der Waals surface area contributed by atoms with Crippen molar-refractivity contribution in [2.24, 2.45) is 5.73 Å². The van der Waals surface area contributed by atoms with Crippen LogP contribution in [0.15, 0.2) is 15.8 Å². The number of nitrogens with zero attached hydrogens (tertiary/aromatic N) is 1. The molecule has 1 aromatic rings. The van der Waals surface area contributed by atoms with E-state index in [2.05, 4.69) is 0 Å². The van der Waals surface area contributed by atoms with Gasteiger partial charge in [-0.1, -0.05) is 6.42 Å². The van der Waals surface area contributed by atoms with Gasteiger partial charge in [0, 0.05) is 6.42 Å². The number of hydrogen-bond acceptors (Lipinski definition) is 5. The van der Waals surface area contributed by atoms with Gasteiger partial charge < -0.3 is 10.5 Å². The van der Waals surface area contributed by atoms with E-state index >= 15 is 0 Å². The molecule has 106 valence electrons. The van der Waals surface area contributed by atoms with E-state index in [0.717, 1.165) is 17.4 Å². The van der Waals surface area contributed by atoms with Crippen LogP contribution >= 0.6 is 0 Å². The summed E-state index contributed by atoms with van der Waals surface area (Å²) in [5.41, 5.74) is 3.37. The van der Waals surface area contributed by atoms with Crippen LogP contribution < -0.4 is 17.0 Å². The van der Waals surface area contributed by atoms with Gasteiger partial charge in [-0.3, -0.25) is 19.1 Å². The van der Waals surface area contributed by atoms with Crippen LogP contribution in [0.25, 0.3) is 0 Å². The van der Waals surface area contributed by atoms with E-state index in [1.165, 1.54) is 0 Å². The van der Waals surface area contributed by atoms with Crippen LogP contribution in [0.5, 0.6) is 0 Å². The SMILES string of the molecule is NCCCCCC(=O)OCn1cc(F)c(=O)[nH]c1=O. The second-order valence-electron chi connectivity index (χ2n) is 3.95. The second kappa shape index (κ2) is 7.47. The molecule has 0 aromatic carbocycles. The molecule has 0 aliphatic rings. The molecule has 7 nitrogen and oxygen atoms in total. The van der Waals surface area contributed by atoms with Gasteiger partial charge in [-0.15, -0.1) is 0 Å². The molecule has 19 heavy (non-hydrogen) atoms. The molecule has 0 atom stereocenters. The Kier molecular flexibility index (Phi) is 5.94. The molecule has 0 fully saturated rings. The second-order valence-corrected chi connectivity index (χ2v) is 3.95. The number of H-pyrrole nitrogens is 1. The molecule has 0 aliphatic heterocycles. The highest BCUT2D eigenvalue weighted by atomic mass is 19.1. The van der Waals surface area contributed by atoms with Crippen molar-refractivity contribution in [3.8, 4) is 0 Å². The molecule has 0 radical (unpaired) electrons. The number of aromatic amines is 1. The smallest absolute Gasteiger partial charge is 0.331 e. The van der Waals surface area contributed by atoms with E-state index in [0.29, 0.717) is 19.2 Å². The molecule has 0 unspecified atom stereocenters. The van der Waals surface area contributed by atoms with Crippen LogP contribution in [0.1, 0.15) is 25.7 Å². The normalized spacial score (nSPS) is 10.4. The molecule has 0 aliphatic carbocycles. The lowest BCUT2D eigenvalue weighted by atomic mass is 10.2. The van der Waals surface area contributed by atoms with Crippen molar-refractivity contribution >= 4 is 5.97 Å². The number of halogens is 1. The van der Waals surface area contributed by atoms with Crippen LogP contribution in [-0.4, -0.2) is 22.1 Å². The monoisotopic (exact) mass is 273 g/mol. The molecule has 0 bridgehead atoms. The van der Waals surface area contributed by atoms with Gasteiger partial charge >= 0.3 is 11.7 Å². The lowest BCUT2D eigenvalue weighted by Gasteiger charge is -2.06. The maximum absolute atomic E-state index is 12.9. The van der Waals surface area contributed by atoms with E-state index in [4.69, 9.17) is 10.5 Å². The summed E-state index contributed by atoms with van der Waals surface area (Å²) in [7, 11) is 0. The van der Waals surface area contributed by atoms with E-state index in [1.54, 1.807) is 4.98 Å². The Labute approximate surface area is 108 Å². The van der Waals surface area contributed by atoms with Crippen molar-refractivity contribution in [1.82, 2.24) is 9.55 Å². The van der Waals surface area contributed by atoms with E-state index in [9.17, 15) is 18.8 Å². The van der Waals surface area contributed by atoms with Crippen LogP contribution in [0.4, 0.5) is 4.39 Å². The Morgan fingerprint density at radius 1 is 1.37 bits per heavy atom. The number of ether oxygens (including phenoxy) is 1. The third-order valence-corrected chi connectivity index (χ3v) is 2.42. The molecule has 0 amide bonds. The fourth-order valence-electron chi connectivity index (χ4n) is 1.38. The summed E-state index contributed by atoms with van der Waals surface area (Å²) in [6.07, 6.45) is 3.20. The number of hydrogen-bond donors (Lipinski definition) is 2. The molecule has 0 saturated carbocycles. The van der Waals surface area contributed by atoms with Crippen molar-refractivity contribution in [2.45, 2.75) is 32.4 Å². The number of esters is 1. The minimum absolute atomic E-state index is 0.209. The van der Waals surface area contributed by atoms with E-state index in [-0.39, 0.29) is 6.42 Å². The van der Waals surface area contributed by atoms with Crippen LogP contribution in [0, 0.1) is 5.82 Å². The summed E-state index contributed by atoms with van der Waals surface area (Å²) in [5, 5.41) is 0. The largest absolute Gasteiger partial charge is 0.444 e. The molecule has 8 heteroatoms. The number of unbranched alkanes of at least 4 members (excludes halogenated alkanes) is 2. The number of carbonyl (C=O) groups excluding carboxylic acids is 1. The first kappa shape index (κ1) is 15.1. The number of carbonyl (C=O) groups is 1. The van der Waals surface area contributed by atoms with Crippen molar-refractivity contribution < 1.29 is 13.9 Å². The lowest BCUT2D eigenvalue weighted by Crippen LogP contribution is -2.32. The van der Waals surface area contributed by atoms with Gasteiger partial charge in [-0.25, -0.2) is 4.79 Å². The van der Waals surface area contributed by atoms with Gasteiger partial charge in [0.1, 0.15) is 0 Å². The Balaban J connectivity index is 2.44. The average Bonchev–Trinajstić information content (AvgIpc) is 2.37. The highest BCUT2D eigenvalue weighted by Gasteiger charge is 2.06. The summed E-state index contributed by atoms with van der Waals surface area (Å²) >= 11 is 0. The topological polar surface area (TPSA) is 107 Å². The van der Waals surface area contributed by atoms with Gasteiger partial charge in [0.15, 0.2) is 6.73 Å². The fourth-order valence-corrected chi connectivity index (χ4v) is 1.38. The number of nitrogens with one attached hydrogen (secondary N) is 1. The first-order valence-electron chi connectivity index (χ1n) is 5.89. The molecule has 0 spiro atoms. The van der Waals surface area contributed by atoms with Gasteiger partial charge in [-0.05, 0) is 19.4 Å². The summed E-state index contributed by atoms with van der Waals surface area (Å²) < 4.78 is 18.5. The van der Waals surface area contributed by atoms with Crippen LogP contribution in [0.3, 0.4) is 0 Å². The van der Waals surface area contributed by atoms with E-state index in [1.807, 2.05) is 0 Å². The predicted molar refractivity (Wildman–Crippen MR) is 64.9 cm³/mol. The number of rotatable bonds is 7. The summed E-state index contributed by atoms with van der Waals surface area (Å²) in [6, 6.07) is 0. The lowest BCUT2D eigenvalue weighted by molar-refractivity contribution is -0.147. The molecule has 1 aromatic heterocycles. The highest BCUT2D eigenvalue weighted by molar-refractivity contribution is 5.69. The number of nitrogens with two attached hydrogens (primary N) is 1. The molecule has 1 rings (SSSR count). The Bertz CT molecular complexity index is 537. The molecule has 1 heterocycles. The third kappa shape index (κ3) is 5.04. The minimum Gasteiger partial charge on any atom is -0.444 e. The van der Waals surface area contributed by atoms with Crippen molar-refractivity contribution in [1.29, 1.82) is 0 Å². The fraction of sp³-hybridized carbons (Fsp3) is 0.545. The zero-order valence-corrected chi connectivity index (χ0v) is 10.4. The van der Waals surface area contributed by atoms with Crippen LogP contribution in [0.2, 0.25) is 0 Å². The quantitative estimate of drug-likeness (QED) is 0.523. The first-order chi connectivity index (χ1) is 9.04. The standard InChI is InChI=1S/C11H16FN3O4/c12-8-6-15(11(18)14-10(8)17)7-19-9(16)4-2-1-3-5-13/h6H,1-5,7,13H2,(H,14,17,18). The Hall–Kier alpha value is -1.96. The van der Waals surface area contributed by atoms with Gasteiger partial charge in [0.2, 0.25) is 5.82 Å². The number of aromatic nitrogens is 2. The van der Waals surface area contributed by atoms with Crippen molar-refractivity contribution in [2.75, 3.05) is 6.54 Å². The molecule has 0 saturated heterocycles. The average molecular weight is 273 g/mol. The maximum atomic E-state index is 12.9. The molecule has 3 N–H and O–H groups in total.